The second-order valence-corrected chi connectivity index (χ2v) is 9.15. The first-order chi connectivity index (χ1) is 16.5. The molecule has 0 unspecified atom stereocenters. The van der Waals surface area contributed by atoms with Crippen molar-refractivity contribution in [3.8, 4) is 5.69 Å². The maximum absolute atomic E-state index is 13.2. The predicted octanol–water partition coefficient (Wildman–Crippen LogP) is 5.91. The number of hydrogen-bond donors (Lipinski definition) is 1. The molecule has 2 aromatic heterocycles. The Hall–Kier alpha value is -3.23. The Bertz CT molecular complexity index is 1260. The summed E-state index contributed by atoms with van der Waals surface area (Å²) in [6.07, 6.45) is 6.69. The lowest BCUT2D eigenvalue weighted by atomic mass is 10.1. The van der Waals surface area contributed by atoms with E-state index in [9.17, 15) is 4.79 Å². The summed E-state index contributed by atoms with van der Waals surface area (Å²) in [5.74, 6) is 0.0802. The zero-order valence-electron chi connectivity index (χ0n) is 19.0. The summed E-state index contributed by atoms with van der Waals surface area (Å²) < 4.78 is 1.64. The second kappa shape index (κ2) is 11.3. The smallest absolute Gasteiger partial charge is 0.278 e. The number of carbonyl (C=O) groups is 1. The molecule has 0 aliphatic heterocycles. The van der Waals surface area contributed by atoms with Crippen LogP contribution in [0.5, 0.6) is 0 Å². The topological polar surface area (TPSA) is 85.6 Å². The van der Waals surface area contributed by atoms with E-state index in [0.29, 0.717) is 27.3 Å². The quantitative estimate of drug-likeness (QED) is 0.231. The number of benzene rings is 2. The van der Waals surface area contributed by atoms with Gasteiger partial charge in [0.25, 0.3) is 5.91 Å². The molecule has 0 saturated carbocycles. The van der Waals surface area contributed by atoms with Crippen LogP contribution < -0.4 is 5.32 Å². The van der Waals surface area contributed by atoms with Crippen LogP contribution in [0, 0.1) is 6.92 Å². The van der Waals surface area contributed by atoms with Gasteiger partial charge in [0, 0.05) is 28.9 Å². The highest BCUT2D eigenvalue weighted by atomic mass is 35.5. The number of unbranched alkanes of at least 4 members (excludes halogenated alkanes) is 1. The van der Waals surface area contributed by atoms with Gasteiger partial charge in [0.15, 0.2) is 10.9 Å². The first-order valence-corrected chi connectivity index (χ1v) is 12.4. The summed E-state index contributed by atoms with van der Waals surface area (Å²) >= 11 is 7.75. The van der Waals surface area contributed by atoms with Crippen LogP contribution in [-0.4, -0.2) is 30.9 Å². The number of nitrogens with zero attached hydrogens (tertiary/aromatic N) is 5. The molecular weight excluding hydrogens is 468 g/mol. The van der Waals surface area contributed by atoms with Crippen molar-refractivity contribution in [3.63, 3.8) is 0 Å². The van der Waals surface area contributed by atoms with Gasteiger partial charge in [-0.2, -0.15) is 0 Å². The molecule has 7 nitrogen and oxygen atoms in total. The van der Waals surface area contributed by atoms with Gasteiger partial charge in [-0.25, -0.2) is 14.6 Å². The van der Waals surface area contributed by atoms with Gasteiger partial charge in [0.2, 0.25) is 0 Å². The summed E-state index contributed by atoms with van der Waals surface area (Å²) in [5.41, 5.74) is 4.53. The number of aryl methyl sites for hydroxylation is 2. The third-order valence-corrected chi connectivity index (χ3v) is 6.58. The first-order valence-electron chi connectivity index (χ1n) is 11.1. The average Bonchev–Trinajstić information content (AvgIpc) is 3.29. The number of aromatic nitrogens is 5. The van der Waals surface area contributed by atoms with Gasteiger partial charge >= 0.3 is 0 Å². The van der Waals surface area contributed by atoms with Gasteiger partial charge < -0.3 is 5.32 Å². The molecule has 0 saturated heterocycles. The zero-order valence-corrected chi connectivity index (χ0v) is 20.6. The summed E-state index contributed by atoms with van der Waals surface area (Å²) in [6, 6.07) is 15.3. The number of thioether (sulfide) groups is 1. The number of halogens is 1. The molecule has 0 aliphatic rings. The minimum Gasteiger partial charge on any atom is -0.321 e. The number of amides is 1. The number of anilines is 1. The van der Waals surface area contributed by atoms with Crippen LogP contribution in [0.15, 0.2) is 66.1 Å². The Morgan fingerprint density at radius 2 is 1.88 bits per heavy atom. The van der Waals surface area contributed by atoms with Crippen LogP contribution in [0.2, 0.25) is 5.02 Å². The number of carbonyl (C=O) groups excluding carboxylic acids is 1. The van der Waals surface area contributed by atoms with E-state index in [0.717, 1.165) is 30.5 Å². The van der Waals surface area contributed by atoms with E-state index in [1.165, 1.54) is 17.3 Å². The maximum Gasteiger partial charge on any atom is 0.278 e. The van der Waals surface area contributed by atoms with E-state index < -0.39 is 0 Å². The third kappa shape index (κ3) is 5.81. The van der Waals surface area contributed by atoms with Crippen molar-refractivity contribution >= 4 is 35.0 Å². The van der Waals surface area contributed by atoms with Crippen LogP contribution in [0.25, 0.3) is 5.69 Å². The molecule has 0 atom stereocenters. The van der Waals surface area contributed by atoms with E-state index in [4.69, 9.17) is 11.6 Å². The summed E-state index contributed by atoms with van der Waals surface area (Å²) in [6.45, 7) is 4.11. The van der Waals surface area contributed by atoms with Gasteiger partial charge in [0.05, 0.1) is 11.4 Å². The molecule has 0 spiro atoms. The second-order valence-electron chi connectivity index (χ2n) is 7.80. The molecule has 4 rings (SSSR count). The van der Waals surface area contributed by atoms with E-state index in [1.54, 1.807) is 23.1 Å². The fourth-order valence-corrected chi connectivity index (χ4v) is 4.32. The normalized spacial score (nSPS) is 10.9. The van der Waals surface area contributed by atoms with Gasteiger partial charge in [-0.3, -0.25) is 4.79 Å². The fraction of sp³-hybridized carbons (Fsp3) is 0.240. The van der Waals surface area contributed by atoms with Crippen molar-refractivity contribution in [1.82, 2.24) is 25.0 Å². The monoisotopic (exact) mass is 492 g/mol. The van der Waals surface area contributed by atoms with Gasteiger partial charge in [-0.15, -0.1) is 5.10 Å². The number of hydrogen-bond acceptors (Lipinski definition) is 6. The SMILES string of the molecule is CCCCc1ccc(NC(=O)c2nnn(-c3ccc(C)c(Cl)c3)c2CSc2ncccn2)cc1. The Morgan fingerprint density at radius 3 is 2.59 bits per heavy atom. The lowest BCUT2D eigenvalue weighted by Gasteiger charge is -2.10. The number of nitrogens with one attached hydrogen (secondary N) is 1. The summed E-state index contributed by atoms with van der Waals surface area (Å²) in [5, 5.41) is 12.7. The van der Waals surface area contributed by atoms with Gasteiger partial charge in [0.1, 0.15) is 0 Å². The minimum absolute atomic E-state index is 0.246. The zero-order chi connectivity index (χ0) is 23.9. The van der Waals surface area contributed by atoms with Gasteiger partial charge in [-0.1, -0.05) is 60.1 Å². The molecule has 2 heterocycles. The standard InChI is InChI=1S/C25H25ClN6OS/c1-3-4-6-18-8-10-19(11-9-18)29-24(33)23-22(16-34-25-27-13-5-14-28-25)32(31-30-23)20-12-7-17(2)21(26)15-20/h5,7-15H,3-4,6,16H2,1-2H3,(H,29,33). The molecule has 2 aromatic carbocycles. The van der Waals surface area contributed by atoms with Crippen LogP contribution in [0.3, 0.4) is 0 Å². The number of rotatable bonds is 9. The van der Waals surface area contributed by atoms with E-state index >= 15 is 0 Å². The van der Waals surface area contributed by atoms with E-state index in [-0.39, 0.29) is 11.6 Å². The van der Waals surface area contributed by atoms with Crippen LogP contribution in [-0.2, 0) is 12.2 Å². The largest absolute Gasteiger partial charge is 0.321 e. The van der Waals surface area contributed by atoms with Crippen molar-refractivity contribution in [2.45, 2.75) is 44.0 Å². The van der Waals surface area contributed by atoms with E-state index in [1.807, 2.05) is 49.4 Å². The minimum atomic E-state index is -0.324. The Labute approximate surface area is 208 Å². The van der Waals surface area contributed by atoms with Gasteiger partial charge in [-0.05, 0) is 61.2 Å². The first kappa shape index (κ1) is 23.9. The molecule has 0 aliphatic carbocycles. The van der Waals surface area contributed by atoms with Crippen molar-refractivity contribution in [1.29, 1.82) is 0 Å². The highest BCUT2D eigenvalue weighted by Gasteiger charge is 2.22. The van der Waals surface area contributed by atoms with Crippen LogP contribution in [0.1, 0.15) is 47.1 Å². The van der Waals surface area contributed by atoms with Crippen molar-refractivity contribution in [2.24, 2.45) is 0 Å². The maximum atomic E-state index is 13.2. The Morgan fingerprint density at radius 1 is 1.12 bits per heavy atom. The Kier molecular flexibility index (Phi) is 7.92. The van der Waals surface area contributed by atoms with Crippen LogP contribution in [0.4, 0.5) is 5.69 Å². The molecule has 174 valence electrons. The molecule has 0 radical (unpaired) electrons. The molecule has 34 heavy (non-hydrogen) atoms. The fourth-order valence-electron chi connectivity index (χ4n) is 3.35. The molecule has 1 N–H and O–H groups in total. The highest BCUT2D eigenvalue weighted by Crippen LogP contribution is 2.26. The molecule has 0 fully saturated rings. The van der Waals surface area contributed by atoms with E-state index in [2.05, 4.69) is 32.5 Å². The van der Waals surface area contributed by atoms with Crippen molar-refractivity contribution < 1.29 is 4.79 Å². The van der Waals surface area contributed by atoms with Crippen molar-refractivity contribution in [2.75, 3.05) is 5.32 Å². The molecule has 1 amide bonds. The van der Waals surface area contributed by atoms with Crippen molar-refractivity contribution in [3.05, 3.63) is 88.5 Å². The lowest BCUT2D eigenvalue weighted by molar-refractivity contribution is 0.102. The Balaban J connectivity index is 1.60. The molecular formula is C25H25ClN6OS. The summed E-state index contributed by atoms with van der Waals surface area (Å²) in [4.78, 5) is 21.7. The highest BCUT2D eigenvalue weighted by molar-refractivity contribution is 7.98. The average molecular weight is 493 g/mol. The lowest BCUT2D eigenvalue weighted by Crippen LogP contribution is -2.15. The third-order valence-electron chi connectivity index (χ3n) is 5.29. The molecule has 4 aromatic rings. The molecule has 9 heteroatoms. The molecule has 0 bridgehead atoms. The predicted molar refractivity (Wildman–Crippen MR) is 136 cm³/mol. The summed E-state index contributed by atoms with van der Waals surface area (Å²) in [7, 11) is 0. The van der Waals surface area contributed by atoms with Crippen LogP contribution >= 0.6 is 23.4 Å².